The molecule has 142 valence electrons. The zero-order chi connectivity index (χ0) is 19.5. The van der Waals surface area contributed by atoms with Crippen LogP contribution >= 0.6 is 0 Å². The number of nitriles is 1. The molecule has 4 rings (SSSR count). The molecule has 2 aromatic carbocycles. The second kappa shape index (κ2) is 8.00. The van der Waals surface area contributed by atoms with Crippen LogP contribution in [0, 0.1) is 11.3 Å². The van der Waals surface area contributed by atoms with Gasteiger partial charge in [0.15, 0.2) is 0 Å². The van der Waals surface area contributed by atoms with Gasteiger partial charge in [-0.1, -0.05) is 19.1 Å². The van der Waals surface area contributed by atoms with Crippen LogP contribution < -0.4 is 5.63 Å². The van der Waals surface area contributed by atoms with E-state index in [2.05, 4.69) is 30.0 Å². The van der Waals surface area contributed by atoms with Gasteiger partial charge in [0.1, 0.15) is 5.58 Å². The lowest BCUT2D eigenvalue weighted by Crippen LogP contribution is -2.24. The Morgan fingerprint density at radius 3 is 2.54 bits per heavy atom. The predicted octanol–water partition coefficient (Wildman–Crippen LogP) is 4.57. The Balaban J connectivity index is 1.65. The van der Waals surface area contributed by atoms with Crippen molar-refractivity contribution in [3.05, 3.63) is 80.7 Å². The Labute approximate surface area is 165 Å². The van der Waals surface area contributed by atoms with Crippen molar-refractivity contribution in [2.75, 3.05) is 6.54 Å². The molecule has 0 saturated carbocycles. The maximum absolute atomic E-state index is 12.2. The van der Waals surface area contributed by atoms with Crippen molar-refractivity contribution in [3.8, 4) is 6.07 Å². The van der Waals surface area contributed by atoms with Crippen LogP contribution in [0.25, 0.3) is 11.0 Å². The molecule has 0 saturated heterocycles. The molecular formula is C24H24N2O2. The van der Waals surface area contributed by atoms with Crippen molar-refractivity contribution in [1.82, 2.24) is 4.90 Å². The molecule has 1 aliphatic carbocycles. The van der Waals surface area contributed by atoms with Crippen LogP contribution in [0.4, 0.5) is 0 Å². The number of hydrogen-bond donors (Lipinski definition) is 0. The van der Waals surface area contributed by atoms with Crippen LogP contribution in [0.1, 0.15) is 47.6 Å². The summed E-state index contributed by atoms with van der Waals surface area (Å²) >= 11 is 0. The minimum atomic E-state index is -0.282. The average Bonchev–Trinajstić information content (AvgIpc) is 3.14. The van der Waals surface area contributed by atoms with Crippen LogP contribution in [-0.4, -0.2) is 11.4 Å². The topological polar surface area (TPSA) is 57.2 Å². The smallest absolute Gasteiger partial charge is 0.336 e. The SMILES string of the molecule is CCCN(Cc1ccc(C#N)cc1)Cc1cc(=O)oc2cc3c(cc12)CCC3. The van der Waals surface area contributed by atoms with E-state index in [1.807, 2.05) is 24.3 Å². The van der Waals surface area contributed by atoms with Gasteiger partial charge in [-0.05, 0) is 78.7 Å². The van der Waals surface area contributed by atoms with Crippen LogP contribution in [0.15, 0.2) is 51.7 Å². The van der Waals surface area contributed by atoms with Crippen LogP contribution in [0.5, 0.6) is 0 Å². The van der Waals surface area contributed by atoms with Gasteiger partial charge in [0.05, 0.1) is 11.6 Å². The summed E-state index contributed by atoms with van der Waals surface area (Å²) in [7, 11) is 0. The largest absolute Gasteiger partial charge is 0.423 e. The minimum absolute atomic E-state index is 0.282. The number of hydrogen-bond acceptors (Lipinski definition) is 4. The second-order valence-electron chi connectivity index (χ2n) is 7.58. The quantitative estimate of drug-likeness (QED) is 0.595. The summed E-state index contributed by atoms with van der Waals surface area (Å²) in [5, 5.41) is 10.0. The van der Waals surface area contributed by atoms with Gasteiger partial charge in [-0.15, -0.1) is 0 Å². The molecule has 4 heteroatoms. The van der Waals surface area contributed by atoms with E-state index in [4.69, 9.17) is 9.68 Å². The molecule has 28 heavy (non-hydrogen) atoms. The van der Waals surface area contributed by atoms with Gasteiger partial charge < -0.3 is 4.42 Å². The highest BCUT2D eigenvalue weighted by Crippen LogP contribution is 2.29. The molecule has 0 fully saturated rings. The van der Waals surface area contributed by atoms with Crippen molar-refractivity contribution in [2.45, 2.75) is 45.7 Å². The molecule has 3 aromatic rings. The van der Waals surface area contributed by atoms with E-state index in [1.165, 1.54) is 23.1 Å². The molecule has 0 atom stereocenters. The molecule has 1 heterocycles. The molecule has 0 unspecified atom stereocenters. The van der Waals surface area contributed by atoms with Gasteiger partial charge in [0.25, 0.3) is 0 Å². The second-order valence-corrected chi connectivity index (χ2v) is 7.58. The first-order valence-corrected chi connectivity index (χ1v) is 9.96. The summed E-state index contributed by atoms with van der Waals surface area (Å²) < 4.78 is 5.51. The summed E-state index contributed by atoms with van der Waals surface area (Å²) in [6.45, 7) is 4.59. The third-order valence-corrected chi connectivity index (χ3v) is 5.47. The summed E-state index contributed by atoms with van der Waals surface area (Å²) in [5.74, 6) is 0. The summed E-state index contributed by atoms with van der Waals surface area (Å²) in [6.07, 6.45) is 4.38. The average molecular weight is 372 g/mol. The molecular weight excluding hydrogens is 348 g/mol. The van der Waals surface area contributed by atoms with Gasteiger partial charge in [-0.25, -0.2) is 4.79 Å². The monoisotopic (exact) mass is 372 g/mol. The molecule has 0 bridgehead atoms. The predicted molar refractivity (Wildman–Crippen MR) is 110 cm³/mol. The van der Waals surface area contributed by atoms with Gasteiger partial charge >= 0.3 is 5.63 Å². The molecule has 0 radical (unpaired) electrons. The fourth-order valence-electron chi connectivity index (χ4n) is 4.14. The van der Waals surface area contributed by atoms with Crippen LogP contribution in [-0.2, 0) is 25.9 Å². The van der Waals surface area contributed by atoms with Crippen molar-refractivity contribution in [3.63, 3.8) is 0 Å². The zero-order valence-electron chi connectivity index (χ0n) is 16.2. The van der Waals surface area contributed by atoms with E-state index in [-0.39, 0.29) is 5.63 Å². The van der Waals surface area contributed by atoms with E-state index in [9.17, 15) is 4.79 Å². The highest BCUT2D eigenvalue weighted by Gasteiger charge is 2.16. The number of aryl methyl sites for hydroxylation is 2. The van der Waals surface area contributed by atoms with Crippen LogP contribution in [0.2, 0.25) is 0 Å². The zero-order valence-corrected chi connectivity index (χ0v) is 16.2. The maximum atomic E-state index is 12.2. The first-order valence-electron chi connectivity index (χ1n) is 9.96. The van der Waals surface area contributed by atoms with E-state index in [0.717, 1.165) is 43.3 Å². The molecule has 0 N–H and O–H groups in total. The van der Waals surface area contributed by atoms with E-state index < -0.39 is 0 Å². The molecule has 0 aliphatic heterocycles. The van der Waals surface area contributed by atoms with Gasteiger partial charge in [0, 0.05) is 24.5 Å². The summed E-state index contributed by atoms with van der Waals surface area (Å²) in [5.41, 5.74) is 6.00. The van der Waals surface area contributed by atoms with Crippen molar-refractivity contribution >= 4 is 11.0 Å². The van der Waals surface area contributed by atoms with Gasteiger partial charge in [0.2, 0.25) is 0 Å². The van der Waals surface area contributed by atoms with Gasteiger partial charge in [-0.2, -0.15) is 5.26 Å². The normalized spacial score (nSPS) is 13.0. The third kappa shape index (κ3) is 3.85. The van der Waals surface area contributed by atoms with E-state index in [0.29, 0.717) is 17.7 Å². The highest BCUT2D eigenvalue weighted by atomic mass is 16.4. The standard InChI is InChI=1S/C24H24N2O2/c1-2-10-26(15-18-8-6-17(14-25)7-9-18)16-21-13-24(27)28-23-12-20-5-3-4-19(20)11-22(21)23/h6-9,11-13H,2-5,10,15-16H2,1H3. The Bertz CT molecular complexity index is 1090. The molecule has 4 nitrogen and oxygen atoms in total. The molecule has 0 spiro atoms. The fraction of sp³-hybridized carbons (Fsp3) is 0.333. The number of rotatable bonds is 6. The highest BCUT2D eigenvalue weighted by molar-refractivity contribution is 5.82. The Morgan fingerprint density at radius 1 is 1.07 bits per heavy atom. The van der Waals surface area contributed by atoms with E-state index in [1.54, 1.807) is 6.07 Å². The molecule has 1 aliphatic rings. The maximum Gasteiger partial charge on any atom is 0.336 e. The van der Waals surface area contributed by atoms with Crippen molar-refractivity contribution in [2.24, 2.45) is 0 Å². The first kappa shape index (κ1) is 18.5. The van der Waals surface area contributed by atoms with Crippen LogP contribution in [0.3, 0.4) is 0 Å². The number of fused-ring (bicyclic) bond motifs is 2. The minimum Gasteiger partial charge on any atom is -0.423 e. The number of benzene rings is 2. The van der Waals surface area contributed by atoms with Crippen molar-refractivity contribution in [1.29, 1.82) is 5.26 Å². The number of nitrogens with zero attached hydrogens (tertiary/aromatic N) is 2. The Hall–Kier alpha value is -2.90. The lowest BCUT2D eigenvalue weighted by molar-refractivity contribution is 0.257. The Morgan fingerprint density at radius 2 is 1.82 bits per heavy atom. The first-order chi connectivity index (χ1) is 13.7. The fourth-order valence-corrected chi connectivity index (χ4v) is 4.14. The van der Waals surface area contributed by atoms with E-state index >= 15 is 0 Å². The Kier molecular flexibility index (Phi) is 5.27. The lowest BCUT2D eigenvalue weighted by Gasteiger charge is -2.22. The lowest BCUT2D eigenvalue weighted by atomic mass is 10.0. The molecule has 0 amide bonds. The summed E-state index contributed by atoms with van der Waals surface area (Å²) in [6, 6.07) is 15.8. The molecule has 1 aromatic heterocycles. The van der Waals surface area contributed by atoms with Gasteiger partial charge in [-0.3, -0.25) is 4.90 Å². The third-order valence-electron chi connectivity index (χ3n) is 5.47. The summed E-state index contributed by atoms with van der Waals surface area (Å²) in [4.78, 5) is 14.5. The van der Waals surface area contributed by atoms with Crippen molar-refractivity contribution < 1.29 is 4.42 Å².